The number of fused-ring (bicyclic) bond motifs is 1. The van der Waals surface area contributed by atoms with Crippen LogP contribution in [0.25, 0.3) is 11.0 Å². The third-order valence-electron chi connectivity index (χ3n) is 3.12. The van der Waals surface area contributed by atoms with Crippen molar-refractivity contribution in [2.24, 2.45) is 0 Å². The Morgan fingerprint density at radius 1 is 1.40 bits per heavy atom. The molecule has 1 aromatic carbocycles. The Morgan fingerprint density at radius 2 is 2.20 bits per heavy atom. The van der Waals surface area contributed by atoms with E-state index < -0.39 is 0 Å². The summed E-state index contributed by atoms with van der Waals surface area (Å²) in [5, 5.41) is 2.94. The highest BCUT2D eigenvalue weighted by atomic mass is 32.1. The number of benzene rings is 1. The number of amides is 1. The molecule has 1 amide bonds. The highest BCUT2D eigenvalue weighted by Gasteiger charge is 2.17. The maximum absolute atomic E-state index is 12.1. The third kappa shape index (κ3) is 2.30. The molecule has 2 aromatic heterocycles. The monoisotopic (exact) mass is 286 g/mol. The summed E-state index contributed by atoms with van der Waals surface area (Å²) < 4.78 is 0. The van der Waals surface area contributed by atoms with Crippen LogP contribution in [-0.2, 0) is 0 Å². The van der Waals surface area contributed by atoms with Gasteiger partial charge in [0, 0.05) is 0 Å². The standard InChI is InChI=1S/C14H14N4OS/c1-8-12(20-7-15-8)14(19)16-9(2)13-17-10-5-3-4-6-11(10)18-13/h3-7,9H,1-2H3,(H,16,19)(H,17,18)/t9-/m1/s1. The molecule has 1 atom stereocenters. The van der Waals surface area contributed by atoms with E-state index in [1.165, 1.54) is 11.3 Å². The van der Waals surface area contributed by atoms with Crippen LogP contribution in [0, 0.1) is 6.92 Å². The first-order chi connectivity index (χ1) is 9.65. The number of nitrogens with zero attached hydrogens (tertiary/aromatic N) is 2. The van der Waals surface area contributed by atoms with Crippen LogP contribution in [0.15, 0.2) is 29.8 Å². The molecule has 0 spiro atoms. The number of thiazole rings is 1. The van der Waals surface area contributed by atoms with E-state index in [0.29, 0.717) is 4.88 Å². The molecule has 0 fully saturated rings. The first-order valence-electron chi connectivity index (χ1n) is 6.31. The van der Waals surface area contributed by atoms with E-state index in [0.717, 1.165) is 22.6 Å². The minimum Gasteiger partial charge on any atom is -0.342 e. The van der Waals surface area contributed by atoms with Crippen LogP contribution in [0.2, 0.25) is 0 Å². The fourth-order valence-corrected chi connectivity index (χ4v) is 2.73. The van der Waals surface area contributed by atoms with Gasteiger partial charge in [0.2, 0.25) is 0 Å². The third-order valence-corrected chi connectivity index (χ3v) is 4.04. The molecule has 2 heterocycles. The number of rotatable bonds is 3. The van der Waals surface area contributed by atoms with Crippen molar-refractivity contribution in [3.8, 4) is 0 Å². The van der Waals surface area contributed by atoms with Crippen LogP contribution in [-0.4, -0.2) is 20.9 Å². The molecule has 0 saturated carbocycles. The van der Waals surface area contributed by atoms with E-state index in [1.54, 1.807) is 5.51 Å². The van der Waals surface area contributed by atoms with Crippen LogP contribution in [0.5, 0.6) is 0 Å². The summed E-state index contributed by atoms with van der Waals surface area (Å²) in [6, 6.07) is 7.62. The van der Waals surface area contributed by atoms with Gasteiger partial charge in [-0.1, -0.05) is 12.1 Å². The minimum atomic E-state index is -0.184. The van der Waals surface area contributed by atoms with Crippen LogP contribution in [0.4, 0.5) is 0 Å². The number of hydrogen-bond acceptors (Lipinski definition) is 4. The molecule has 5 nitrogen and oxygen atoms in total. The Labute approximate surface area is 120 Å². The molecular weight excluding hydrogens is 272 g/mol. The van der Waals surface area contributed by atoms with Crippen molar-refractivity contribution in [2.45, 2.75) is 19.9 Å². The van der Waals surface area contributed by atoms with Gasteiger partial charge in [0.15, 0.2) is 0 Å². The lowest BCUT2D eigenvalue weighted by Crippen LogP contribution is -2.27. The molecule has 0 aliphatic heterocycles. The van der Waals surface area contributed by atoms with Gasteiger partial charge in [-0.2, -0.15) is 0 Å². The molecule has 0 aliphatic rings. The quantitative estimate of drug-likeness (QED) is 0.777. The van der Waals surface area contributed by atoms with Gasteiger partial charge in [-0.25, -0.2) is 9.97 Å². The predicted octanol–water partition coefficient (Wildman–Crippen LogP) is 2.82. The number of aromatic nitrogens is 3. The maximum Gasteiger partial charge on any atom is 0.263 e. The molecule has 0 radical (unpaired) electrons. The number of nitrogens with one attached hydrogen (secondary N) is 2. The van der Waals surface area contributed by atoms with Crippen LogP contribution in [0.3, 0.4) is 0 Å². The first kappa shape index (κ1) is 12.8. The van der Waals surface area contributed by atoms with E-state index >= 15 is 0 Å². The smallest absolute Gasteiger partial charge is 0.263 e. The second-order valence-corrected chi connectivity index (χ2v) is 5.46. The first-order valence-corrected chi connectivity index (χ1v) is 7.18. The molecule has 20 heavy (non-hydrogen) atoms. The number of imidazole rings is 1. The zero-order chi connectivity index (χ0) is 14.1. The zero-order valence-corrected chi connectivity index (χ0v) is 12.0. The van der Waals surface area contributed by atoms with Crippen molar-refractivity contribution in [1.29, 1.82) is 0 Å². The maximum atomic E-state index is 12.1. The van der Waals surface area contributed by atoms with Crippen molar-refractivity contribution in [3.63, 3.8) is 0 Å². The van der Waals surface area contributed by atoms with E-state index in [2.05, 4.69) is 20.3 Å². The van der Waals surface area contributed by atoms with Crippen LogP contribution in [0.1, 0.15) is 34.2 Å². The van der Waals surface area contributed by atoms with Gasteiger partial charge in [-0.15, -0.1) is 11.3 Å². The highest BCUT2D eigenvalue weighted by Crippen LogP contribution is 2.17. The lowest BCUT2D eigenvalue weighted by Gasteiger charge is -2.10. The number of para-hydroxylation sites is 2. The fraction of sp³-hybridized carbons (Fsp3) is 0.214. The largest absolute Gasteiger partial charge is 0.342 e. The van der Waals surface area contributed by atoms with Crippen molar-refractivity contribution >= 4 is 28.3 Å². The topological polar surface area (TPSA) is 70.7 Å². The molecule has 3 aromatic rings. The van der Waals surface area contributed by atoms with Crippen LogP contribution >= 0.6 is 11.3 Å². The van der Waals surface area contributed by atoms with Gasteiger partial charge >= 0.3 is 0 Å². The summed E-state index contributed by atoms with van der Waals surface area (Å²) in [4.78, 5) is 24.6. The van der Waals surface area contributed by atoms with Gasteiger partial charge in [0.1, 0.15) is 10.7 Å². The lowest BCUT2D eigenvalue weighted by molar-refractivity contribution is 0.0942. The molecule has 2 N–H and O–H groups in total. The predicted molar refractivity (Wildman–Crippen MR) is 78.8 cm³/mol. The van der Waals surface area contributed by atoms with Gasteiger partial charge in [-0.05, 0) is 26.0 Å². The fourth-order valence-electron chi connectivity index (χ4n) is 2.03. The highest BCUT2D eigenvalue weighted by molar-refractivity contribution is 7.11. The van der Waals surface area contributed by atoms with Crippen molar-refractivity contribution < 1.29 is 4.79 Å². The molecule has 6 heteroatoms. The summed E-state index contributed by atoms with van der Waals surface area (Å²) >= 11 is 1.35. The Balaban J connectivity index is 1.80. The van der Waals surface area contributed by atoms with Gasteiger partial charge in [0.25, 0.3) is 5.91 Å². The van der Waals surface area contributed by atoms with E-state index in [1.807, 2.05) is 38.1 Å². The zero-order valence-electron chi connectivity index (χ0n) is 11.2. The van der Waals surface area contributed by atoms with Gasteiger partial charge in [0.05, 0.1) is 28.3 Å². The Kier molecular flexibility index (Phi) is 3.23. The average molecular weight is 286 g/mol. The molecule has 0 unspecified atom stereocenters. The molecule has 102 valence electrons. The Morgan fingerprint density at radius 3 is 2.90 bits per heavy atom. The molecule has 0 saturated heterocycles. The number of carbonyl (C=O) groups excluding carboxylic acids is 1. The van der Waals surface area contributed by atoms with Gasteiger partial charge < -0.3 is 10.3 Å². The lowest BCUT2D eigenvalue weighted by atomic mass is 10.3. The van der Waals surface area contributed by atoms with E-state index in [4.69, 9.17) is 0 Å². The number of aryl methyl sites for hydroxylation is 1. The number of carbonyl (C=O) groups is 1. The summed E-state index contributed by atoms with van der Waals surface area (Å²) in [7, 11) is 0. The minimum absolute atomic E-state index is 0.113. The molecule has 3 rings (SSSR count). The summed E-state index contributed by atoms with van der Waals surface area (Å²) in [5.74, 6) is 0.639. The summed E-state index contributed by atoms with van der Waals surface area (Å²) in [5.41, 5.74) is 4.30. The number of hydrogen-bond donors (Lipinski definition) is 2. The second kappa shape index (κ2) is 5.05. The van der Waals surface area contributed by atoms with E-state index in [-0.39, 0.29) is 11.9 Å². The van der Waals surface area contributed by atoms with Crippen molar-refractivity contribution in [1.82, 2.24) is 20.3 Å². The van der Waals surface area contributed by atoms with E-state index in [9.17, 15) is 4.79 Å². The van der Waals surface area contributed by atoms with Crippen molar-refractivity contribution in [2.75, 3.05) is 0 Å². The second-order valence-electron chi connectivity index (χ2n) is 4.60. The summed E-state index contributed by atoms with van der Waals surface area (Å²) in [6.07, 6.45) is 0. The molecule has 0 bridgehead atoms. The van der Waals surface area contributed by atoms with Gasteiger partial charge in [-0.3, -0.25) is 4.79 Å². The summed E-state index contributed by atoms with van der Waals surface area (Å²) in [6.45, 7) is 3.74. The average Bonchev–Trinajstić information content (AvgIpc) is 3.04. The SMILES string of the molecule is Cc1ncsc1C(=O)N[C@H](C)c1nc2ccccc2[nH]1. The normalized spacial score (nSPS) is 12.5. The van der Waals surface area contributed by atoms with Crippen LogP contribution < -0.4 is 5.32 Å². The molecular formula is C14H14N4OS. The Hall–Kier alpha value is -2.21. The molecule has 0 aliphatic carbocycles. The Bertz CT molecular complexity index is 728. The van der Waals surface area contributed by atoms with Crippen molar-refractivity contribution in [3.05, 3.63) is 46.2 Å². The number of aromatic amines is 1. The number of H-pyrrole nitrogens is 1.